The average Bonchev–Trinajstić information content (AvgIpc) is 3.03. The van der Waals surface area contributed by atoms with Crippen molar-refractivity contribution in [3.63, 3.8) is 0 Å². The summed E-state index contributed by atoms with van der Waals surface area (Å²) in [5, 5.41) is 0. The van der Waals surface area contributed by atoms with Crippen molar-refractivity contribution in [1.29, 1.82) is 0 Å². The third-order valence-electron chi connectivity index (χ3n) is 5.39. The summed E-state index contributed by atoms with van der Waals surface area (Å²) in [4.78, 5) is 36.3. The number of para-hydroxylation sites is 1. The first kappa shape index (κ1) is 19.1. The molecule has 0 bridgehead atoms. The number of esters is 1. The molecule has 3 aromatic rings. The van der Waals surface area contributed by atoms with Gasteiger partial charge in [-0.1, -0.05) is 18.2 Å². The molecule has 0 fully saturated rings. The van der Waals surface area contributed by atoms with Crippen LogP contribution in [0.4, 0.5) is 5.69 Å². The second-order valence-electron chi connectivity index (χ2n) is 7.54. The maximum absolute atomic E-state index is 13.0. The minimum atomic E-state index is -0.891. The molecule has 2 aromatic carbocycles. The maximum atomic E-state index is 13.0. The molecule has 1 aliphatic rings. The minimum absolute atomic E-state index is 0.0308. The Morgan fingerprint density at radius 1 is 1.07 bits per heavy atom. The van der Waals surface area contributed by atoms with E-state index < -0.39 is 12.1 Å². The highest BCUT2D eigenvalue weighted by Gasteiger charge is 2.34. The predicted octanol–water partition coefficient (Wildman–Crippen LogP) is 3.77. The van der Waals surface area contributed by atoms with Crippen molar-refractivity contribution in [1.82, 2.24) is 9.97 Å². The van der Waals surface area contributed by atoms with Gasteiger partial charge in [0.15, 0.2) is 6.10 Å². The van der Waals surface area contributed by atoms with E-state index in [1.165, 1.54) is 0 Å². The van der Waals surface area contributed by atoms with E-state index in [0.29, 0.717) is 11.1 Å². The van der Waals surface area contributed by atoms with Gasteiger partial charge in [0, 0.05) is 11.7 Å². The van der Waals surface area contributed by atoms with E-state index >= 15 is 0 Å². The third-order valence-corrected chi connectivity index (χ3v) is 5.39. The summed E-state index contributed by atoms with van der Waals surface area (Å²) in [5.41, 5.74) is 5.38. The van der Waals surface area contributed by atoms with Crippen LogP contribution in [0.3, 0.4) is 0 Å². The van der Waals surface area contributed by atoms with Crippen LogP contribution in [-0.2, 0) is 16.0 Å². The van der Waals surface area contributed by atoms with Crippen LogP contribution in [-0.4, -0.2) is 34.0 Å². The standard InChI is InChI=1S/C23H23N3O3/c1-13-11-17-7-5-6-8-21(17)26(13)22(27)16(4)29-23(28)18-9-10-19-20(12-18)25-15(3)14(2)24-19/h5-10,12-13,16H,11H2,1-4H3/t13-,16+/m0/s1. The Kier molecular flexibility index (Phi) is 4.78. The molecule has 0 N–H and O–H groups in total. The molecule has 0 radical (unpaired) electrons. The molecule has 0 spiro atoms. The number of anilines is 1. The van der Waals surface area contributed by atoms with Crippen LogP contribution < -0.4 is 4.90 Å². The Morgan fingerprint density at radius 2 is 1.76 bits per heavy atom. The van der Waals surface area contributed by atoms with Crippen LogP contribution in [0.1, 0.15) is 41.2 Å². The average molecular weight is 389 g/mol. The molecule has 1 aromatic heterocycles. The van der Waals surface area contributed by atoms with Crippen LogP contribution in [0, 0.1) is 13.8 Å². The molecule has 0 saturated heterocycles. The van der Waals surface area contributed by atoms with Crippen molar-refractivity contribution in [2.24, 2.45) is 0 Å². The Balaban J connectivity index is 1.53. The van der Waals surface area contributed by atoms with Gasteiger partial charge in [-0.2, -0.15) is 0 Å². The Bertz CT molecular complexity index is 1130. The molecule has 0 saturated carbocycles. The highest BCUT2D eigenvalue weighted by molar-refractivity contribution is 6.01. The summed E-state index contributed by atoms with van der Waals surface area (Å²) in [6.45, 7) is 7.39. The second kappa shape index (κ2) is 7.28. The number of aryl methyl sites for hydroxylation is 2. The first-order chi connectivity index (χ1) is 13.8. The fraction of sp³-hybridized carbons (Fsp3) is 0.304. The van der Waals surface area contributed by atoms with E-state index in [0.717, 1.165) is 34.6 Å². The molecule has 6 nitrogen and oxygen atoms in total. The summed E-state index contributed by atoms with van der Waals surface area (Å²) in [6.07, 6.45) is -0.0948. The number of hydrogen-bond donors (Lipinski definition) is 0. The molecule has 0 aliphatic carbocycles. The molecule has 6 heteroatoms. The first-order valence-corrected chi connectivity index (χ1v) is 9.72. The van der Waals surface area contributed by atoms with Crippen molar-refractivity contribution in [3.8, 4) is 0 Å². The van der Waals surface area contributed by atoms with Crippen LogP contribution in [0.25, 0.3) is 11.0 Å². The number of fused-ring (bicyclic) bond motifs is 2. The number of nitrogens with zero attached hydrogens (tertiary/aromatic N) is 3. The number of rotatable bonds is 3. The fourth-order valence-electron chi connectivity index (χ4n) is 3.73. The lowest BCUT2D eigenvalue weighted by Crippen LogP contribution is -2.43. The topological polar surface area (TPSA) is 72.4 Å². The zero-order chi connectivity index (χ0) is 20.7. The van der Waals surface area contributed by atoms with E-state index in [-0.39, 0.29) is 11.9 Å². The van der Waals surface area contributed by atoms with Crippen LogP contribution >= 0.6 is 0 Å². The van der Waals surface area contributed by atoms with Crippen LogP contribution in [0.15, 0.2) is 42.5 Å². The van der Waals surface area contributed by atoms with Gasteiger partial charge in [-0.25, -0.2) is 14.8 Å². The van der Waals surface area contributed by atoms with Gasteiger partial charge in [-0.15, -0.1) is 0 Å². The van der Waals surface area contributed by atoms with Gasteiger partial charge in [0.1, 0.15) is 0 Å². The van der Waals surface area contributed by atoms with Crippen molar-refractivity contribution in [3.05, 3.63) is 65.0 Å². The molecule has 1 aliphatic heterocycles. The summed E-state index contributed by atoms with van der Waals surface area (Å²) in [5.74, 6) is -0.768. The highest BCUT2D eigenvalue weighted by atomic mass is 16.5. The zero-order valence-corrected chi connectivity index (χ0v) is 17.0. The van der Waals surface area contributed by atoms with Gasteiger partial charge in [0.25, 0.3) is 5.91 Å². The number of hydrogen-bond acceptors (Lipinski definition) is 5. The lowest BCUT2D eigenvalue weighted by atomic mass is 10.1. The zero-order valence-electron chi connectivity index (χ0n) is 17.0. The molecular weight excluding hydrogens is 366 g/mol. The number of carbonyl (C=O) groups excluding carboxylic acids is 2. The number of benzene rings is 2. The fourth-order valence-corrected chi connectivity index (χ4v) is 3.73. The smallest absolute Gasteiger partial charge is 0.338 e. The Hall–Kier alpha value is -3.28. The van der Waals surface area contributed by atoms with Crippen molar-refractivity contribution < 1.29 is 14.3 Å². The lowest BCUT2D eigenvalue weighted by molar-refractivity contribution is -0.126. The van der Waals surface area contributed by atoms with Crippen molar-refractivity contribution in [2.75, 3.05) is 4.90 Å². The van der Waals surface area contributed by atoms with E-state index in [1.807, 2.05) is 45.0 Å². The number of carbonyl (C=O) groups is 2. The van der Waals surface area contributed by atoms with Gasteiger partial charge in [-0.3, -0.25) is 4.79 Å². The molecule has 0 unspecified atom stereocenters. The van der Waals surface area contributed by atoms with Gasteiger partial charge >= 0.3 is 5.97 Å². The predicted molar refractivity (Wildman–Crippen MR) is 111 cm³/mol. The largest absolute Gasteiger partial charge is 0.449 e. The van der Waals surface area contributed by atoms with E-state index in [4.69, 9.17) is 4.74 Å². The van der Waals surface area contributed by atoms with Gasteiger partial charge in [0.2, 0.25) is 0 Å². The Labute approximate surface area is 169 Å². The normalized spacial score (nSPS) is 16.6. The first-order valence-electron chi connectivity index (χ1n) is 9.72. The van der Waals surface area contributed by atoms with E-state index in [2.05, 4.69) is 9.97 Å². The van der Waals surface area contributed by atoms with Crippen LogP contribution in [0.5, 0.6) is 0 Å². The summed E-state index contributed by atoms with van der Waals surface area (Å²) in [7, 11) is 0. The molecule has 2 atom stereocenters. The monoisotopic (exact) mass is 389 g/mol. The SMILES string of the molecule is Cc1nc2ccc(C(=O)O[C@H](C)C(=O)N3c4ccccc4C[C@@H]3C)cc2nc1C. The van der Waals surface area contributed by atoms with Gasteiger partial charge in [-0.05, 0) is 63.9 Å². The lowest BCUT2D eigenvalue weighted by Gasteiger charge is -2.26. The summed E-state index contributed by atoms with van der Waals surface area (Å²) >= 11 is 0. The minimum Gasteiger partial charge on any atom is -0.449 e. The number of aromatic nitrogens is 2. The van der Waals surface area contributed by atoms with Crippen molar-refractivity contribution >= 4 is 28.6 Å². The molecule has 29 heavy (non-hydrogen) atoms. The van der Waals surface area contributed by atoms with E-state index in [1.54, 1.807) is 30.0 Å². The molecule has 148 valence electrons. The Morgan fingerprint density at radius 3 is 2.52 bits per heavy atom. The third kappa shape index (κ3) is 3.46. The quantitative estimate of drug-likeness (QED) is 0.638. The van der Waals surface area contributed by atoms with Gasteiger partial charge in [0.05, 0.1) is 28.0 Å². The summed E-state index contributed by atoms with van der Waals surface area (Å²) in [6, 6.07) is 12.9. The molecule has 1 amide bonds. The van der Waals surface area contributed by atoms with E-state index in [9.17, 15) is 9.59 Å². The number of amides is 1. The maximum Gasteiger partial charge on any atom is 0.338 e. The van der Waals surface area contributed by atoms with Gasteiger partial charge < -0.3 is 9.64 Å². The highest BCUT2D eigenvalue weighted by Crippen LogP contribution is 2.32. The second-order valence-corrected chi connectivity index (χ2v) is 7.54. The van der Waals surface area contributed by atoms with Crippen LogP contribution in [0.2, 0.25) is 0 Å². The molecular formula is C23H23N3O3. The summed E-state index contributed by atoms with van der Waals surface area (Å²) < 4.78 is 5.50. The van der Waals surface area contributed by atoms with Crippen molar-refractivity contribution in [2.45, 2.75) is 46.3 Å². The molecule has 4 rings (SSSR count). The number of ether oxygens (including phenoxy) is 1. The molecule has 2 heterocycles.